The summed E-state index contributed by atoms with van der Waals surface area (Å²) in [6.07, 6.45) is 5.12. The van der Waals surface area contributed by atoms with Gasteiger partial charge in [-0.25, -0.2) is 0 Å². The summed E-state index contributed by atoms with van der Waals surface area (Å²) >= 11 is 0. The number of ether oxygens (including phenoxy) is 1. The molecule has 1 atom stereocenters. The van der Waals surface area contributed by atoms with Crippen LogP contribution in [0.4, 0.5) is 0 Å². The first kappa shape index (κ1) is 14.9. The Morgan fingerprint density at radius 1 is 1.53 bits per heavy atom. The van der Waals surface area contributed by atoms with Crippen molar-refractivity contribution in [1.29, 1.82) is 5.26 Å². The number of rotatable bonds is 4. The molecule has 0 aliphatic heterocycles. The number of hydrogen-bond acceptors (Lipinski definition) is 4. The van der Waals surface area contributed by atoms with E-state index in [1.165, 1.54) is 20.1 Å². The number of carbonyl (C=O) groups is 2. The monoisotopic (exact) mass is 260 g/mol. The Bertz CT molecular complexity index is 534. The third-order valence-corrected chi connectivity index (χ3v) is 3.14. The SMILES string of the molecule is COC1(C)CC(C#N)=CC=C1/C=C(\C(C)=O)C(N)=O. The Morgan fingerprint density at radius 2 is 2.16 bits per heavy atom. The van der Waals surface area contributed by atoms with Gasteiger partial charge in [0, 0.05) is 19.1 Å². The number of amides is 1. The largest absolute Gasteiger partial charge is 0.373 e. The lowest BCUT2D eigenvalue weighted by molar-refractivity contribution is -0.119. The standard InChI is InChI=1S/C14H16N2O3/c1-9(17)12(13(16)18)6-11-5-4-10(8-15)7-14(11,2)19-3/h4-6H,7H2,1-3H3,(H2,16,18)/b12-6+. The Kier molecular flexibility index (Phi) is 4.41. The van der Waals surface area contributed by atoms with Gasteiger partial charge in [0.05, 0.1) is 17.2 Å². The van der Waals surface area contributed by atoms with Crippen LogP contribution in [-0.4, -0.2) is 24.4 Å². The summed E-state index contributed by atoms with van der Waals surface area (Å²) in [5.41, 5.74) is 5.55. The summed E-state index contributed by atoms with van der Waals surface area (Å²) < 4.78 is 5.42. The third kappa shape index (κ3) is 3.18. The van der Waals surface area contributed by atoms with Crippen LogP contribution in [0.5, 0.6) is 0 Å². The maximum absolute atomic E-state index is 11.4. The molecule has 0 aromatic carbocycles. The zero-order valence-corrected chi connectivity index (χ0v) is 11.2. The summed E-state index contributed by atoms with van der Waals surface area (Å²) in [5.74, 6) is -1.18. The molecule has 100 valence electrons. The lowest BCUT2D eigenvalue weighted by atomic mass is 9.83. The van der Waals surface area contributed by atoms with Gasteiger partial charge in [-0.1, -0.05) is 6.08 Å². The molecule has 1 amide bonds. The number of nitrogens with two attached hydrogens (primary N) is 1. The molecule has 1 aliphatic rings. The van der Waals surface area contributed by atoms with Crippen molar-refractivity contribution < 1.29 is 14.3 Å². The fraction of sp³-hybridized carbons (Fsp3) is 0.357. The maximum Gasteiger partial charge on any atom is 0.252 e. The van der Waals surface area contributed by atoms with Crippen LogP contribution < -0.4 is 5.73 Å². The predicted octanol–water partition coefficient (Wildman–Crippen LogP) is 1.17. The number of ketones is 1. The fourth-order valence-electron chi connectivity index (χ4n) is 1.86. The van der Waals surface area contributed by atoms with E-state index < -0.39 is 17.3 Å². The highest BCUT2D eigenvalue weighted by molar-refractivity contribution is 6.18. The van der Waals surface area contributed by atoms with Crippen LogP contribution in [0.2, 0.25) is 0 Å². The van der Waals surface area contributed by atoms with E-state index in [1.807, 2.05) is 0 Å². The van der Waals surface area contributed by atoms with Gasteiger partial charge < -0.3 is 10.5 Å². The van der Waals surface area contributed by atoms with Gasteiger partial charge >= 0.3 is 0 Å². The van der Waals surface area contributed by atoms with Gasteiger partial charge in [0.1, 0.15) is 0 Å². The van der Waals surface area contributed by atoms with E-state index in [0.717, 1.165) is 0 Å². The van der Waals surface area contributed by atoms with Gasteiger partial charge in [0.15, 0.2) is 5.78 Å². The van der Waals surface area contributed by atoms with Gasteiger partial charge in [-0.2, -0.15) is 5.26 Å². The first-order valence-electron chi connectivity index (χ1n) is 5.73. The first-order chi connectivity index (χ1) is 8.84. The molecule has 2 N–H and O–H groups in total. The molecule has 1 rings (SSSR count). The second-order valence-corrected chi connectivity index (χ2v) is 4.52. The second kappa shape index (κ2) is 5.63. The van der Waals surface area contributed by atoms with Crippen molar-refractivity contribution in [2.24, 2.45) is 5.73 Å². The average Bonchev–Trinajstić information content (AvgIpc) is 2.36. The average molecular weight is 260 g/mol. The van der Waals surface area contributed by atoms with Crippen LogP contribution in [0.25, 0.3) is 0 Å². The molecule has 5 heteroatoms. The molecular formula is C14H16N2O3. The molecule has 0 saturated carbocycles. The van der Waals surface area contributed by atoms with E-state index in [2.05, 4.69) is 6.07 Å². The van der Waals surface area contributed by atoms with Crippen LogP contribution in [0.3, 0.4) is 0 Å². The Labute approximate surface area is 112 Å². The summed E-state index contributed by atoms with van der Waals surface area (Å²) in [7, 11) is 1.51. The van der Waals surface area contributed by atoms with E-state index in [0.29, 0.717) is 17.6 Å². The van der Waals surface area contributed by atoms with E-state index in [9.17, 15) is 9.59 Å². The number of primary amides is 1. The lowest BCUT2D eigenvalue weighted by Gasteiger charge is -2.31. The van der Waals surface area contributed by atoms with Crippen molar-refractivity contribution >= 4 is 11.7 Å². The van der Waals surface area contributed by atoms with Gasteiger partial charge in [-0.05, 0) is 31.6 Å². The smallest absolute Gasteiger partial charge is 0.252 e. The van der Waals surface area contributed by atoms with Crippen molar-refractivity contribution in [2.75, 3.05) is 7.11 Å². The number of Topliss-reactive ketones (excluding diaryl/α,β-unsaturated/α-hetero) is 1. The van der Waals surface area contributed by atoms with E-state index in [1.54, 1.807) is 19.1 Å². The van der Waals surface area contributed by atoms with Gasteiger partial charge in [0.2, 0.25) is 0 Å². The number of allylic oxidation sites excluding steroid dienone is 2. The molecule has 0 bridgehead atoms. The number of methoxy groups -OCH3 is 1. The maximum atomic E-state index is 11.4. The van der Waals surface area contributed by atoms with Crippen molar-refractivity contribution in [2.45, 2.75) is 25.9 Å². The summed E-state index contributed by atoms with van der Waals surface area (Å²) in [6, 6.07) is 2.07. The zero-order valence-electron chi connectivity index (χ0n) is 11.2. The predicted molar refractivity (Wildman–Crippen MR) is 69.8 cm³/mol. The van der Waals surface area contributed by atoms with Crippen molar-refractivity contribution in [1.82, 2.24) is 0 Å². The third-order valence-electron chi connectivity index (χ3n) is 3.14. The molecule has 19 heavy (non-hydrogen) atoms. The topological polar surface area (TPSA) is 93.2 Å². The molecule has 0 fully saturated rings. The molecular weight excluding hydrogens is 244 g/mol. The lowest BCUT2D eigenvalue weighted by Crippen LogP contribution is -2.32. The molecule has 1 aliphatic carbocycles. The van der Waals surface area contributed by atoms with E-state index >= 15 is 0 Å². The van der Waals surface area contributed by atoms with Gasteiger partial charge in [-0.15, -0.1) is 0 Å². The minimum absolute atomic E-state index is 0.0802. The van der Waals surface area contributed by atoms with Crippen molar-refractivity contribution in [3.05, 3.63) is 34.9 Å². The summed E-state index contributed by atoms with van der Waals surface area (Å²) in [5, 5.41) is 8.92. The number of carbonyl (C=O) groups excluding carboxylic acids is 2. The van der Waals surface area contributed by atoms with Gasteiger partial charge in [-0.3, -0.25) is 9.59 Å². The number of nitrogens with zero attached hydrogens (tertiary/aromatic N) is 1. The summed E-state index contributed by atoms with van der Waals surface area (Å²) in [4.78, 5) is 22.6. The Hall–Kier alpha value is -2.19. The molecule has 0 aromatic heterocycles. The quantitative estimate of drug-likeness (QED) is 0.466. The van der Waals surface area contributed by atoms with Crippen molar-refractivity contribution in [3.8, 4) is 6.07 Å². The van der Waals surface area contributed by atoms with Crippen molar-refractivity contribution in [3.63, 3.8) is 0 Å². The van der Waals surface area contributed by atoms with E-state index in [-0.39, 0.29) is 5.57 Å². The fourth-order valence-corrected chi connectivity index (χ4v) is 1.86. The van der Waals surface area contributed by atoms with E-state index in [4.69, 9.17) is 15.7 Å². The first-order valence-corrected chi connectivity index (χ1v) is 5.73. The Morgan fingerprint density at radius 3 is 2.58 bits per heavy atom. The molecule has 0 radical (unpaired) electrons. The minimum Gasteiger partial charge on any atom is -0.373 e. The number of nitriles is 1. The molecule has 0 heterocycles. The molecule has 5 nitrogen and oxygen atoms in total. The highest BCUT2D eigenvalue weighted by atomic mass is 16.5. The van der Waals surface area contributed by atoms with Gasteiger partial charge in [0.25, 0.3) is 5.91 Å². The highest BCUT2D eigenvalue weighted by Crippen LogP contribution is 2.33. The Balaban J connectivity index is 3.30. The minimum atomic E-state index is -0.776. The number of hydrogen-bond donors (Lipinski definition) is 1. The normalized spacial score (nSPS) is 23.2. The van der Waals surface area contributed by atoms with Crippen LogP contribution in [0.1, 0.15) is 20.3 Å². The molecule has 0 saturated heterocycles. The summed E-state index contributed by atoms with van der Waals surface area (Å²) in [6.45, 7) is 3.07. The molecule has 0 aromatic rings. The van der Waals surface area contributed by atoms with Crippen LogP contribution >= 0.6 is 0 Å². The molecule has 1 unspecified atom stereocenters. The highest BCUT2D eigenvalue weighted by Gasteiger charge is 2.32. The second-order valence-electron chi connectivity index (χ2n) is 4.52. The molecule has 0 spiro atoms. The zero-order chi connectivity index (χ0) is 14.6. The van der Waals surface area contributed by atoms with Crippen LogP contribution in [-0.2, 0) is 14.3 Å². The van der Waals surface area contributed by atoms with Crippen LogP contribution in [0.15, 0.2) is 34.9 Å². The van der Waals surface area contributed by atoms with Crippen LogP contribution in [0, 0.1) is 11.3 Å².